The third-order valence-electron chi connectivity index (χ3n) is 2.03. The molecule has 18 heavy (non-hydrogen) atoms. The minimum atomic E-state index is -3.42. The summed E-state index contributed by atoms with van der Waals surface area (Å²) in [6.45, 7) is 0.0676. The molecular weight excluding hydrogens is 278 g/mol. The van der Waals surface area contributed by atoms with Gasteiger partial charge in [0.25, 0.3) is 10.1 Å². The first-order chi connectivity index (χ1) is 8.37. The Bertz CT molecular complexity index is 557. The summed E-state index contributed by atoms with van der Waals surface area (Å²) in [5.74, 6) is -0.126. The zero-order chi connectivity index (χ0) is 13.6. The van der Waals surface area contributed by atoms with Gasteiger partial charge in [0.05, 0.1) is 12.9 Å². The van der Waals surface area contributed by atoms with E-state index in [2.05, 4.69) is 9.50 Å². The van der Waals surface area contributed by atoms with Crippen LogP contribution in [-0.2, 0) is 31.4 Å². The molecule has 0 heterocycles. The van der Waals surface area contributed by atoms with Crippen LogP contribution in [0.1, 0.15) is 5.56 Å². The molecule has 0 fully saturated rings. The van der Waals surface area contributed by atoms with Gasteiger partial charge in [-0.05, 0) is 24.1 Å². The Morgan fingerprint density at radius 1 is 1.33 bits per heavy atom. The molecule has 0 saturated heterocycles. The molecule has 0 amide bonds. The van der Waals surface area contributed by atoms with Crippen molar-refractivity contribution >= 4 is 26.5 Å². The molecule has 0 radical (unpaired) electrons. The topological polar surface area (TPSA) is 89.5 Å². The highest BCUT2D eigenvalue weighted by Gasteiger charge is 2.02. The van der Waals surface area contributed by atoms with E-state index in [1.807, 2.05) is 6.07 Å². The summed E-state index contributed by atoms with van der Waals surface area (Å²) in [5.41, 5.74) is 1.54. The van der Waals surface area contributed by atoms with Gasteiger partial charge >= 0.3 is 0 Å². The molecule has 0 unspecified atom stereocenters. The summed E-state index contributed by atoms with van der Waals surface area (Å²) in [6.07, 6.45) is 1.43. The van der Waals surface area contributed by atoms with Gasteiger partial charge in [0.1, 0.15) is 5.88 Å². The SMILES string of the molecule is CS(=O)(=O)OCCc1cccc(NC[SH](=O)=O)c1. The van der Waals surface area contributed by atoms with Gasteiger partial charge in [-0.15, -0.1) is 0 Å². The van der Waals surface area contributed by atoms with E-state index in [1.54, 1.807) is 18.2 Å². The van der Waals surface area contributed by atoms with Crippen LogP contribution in [0, 0.1) is 0 Å². The fourth-order valence-electron chi connectivity index (χ4n) is 1.30. The van der Waals surface area contributed by atoms with Crippen LogP contribution in [0.3, 0.4) is 0 Å². The minimum absolute atomic E-state index is 0.0676. The van der Waals surface area contributed by atoms with Crippen LogP contribution in [-0.4, -0.2) is 35.6 Å². The fraction of sp³-hybridized carbons (Fsp3) is 0.400. The molecule has 6 nitrogen and oxygen atoms in total. The maximum Gasteiger partial charge on any atom is 0.264 e. The van der Waals surface area contributed by atoms with E-state index >= 15 is 0 Å². The Hall–Kier alpha value is -1.12. The smallest absolute Gasteiger partial charge is 0.264 e. The molecule has 8 heteroatoms. The van der Waals surface area contributed by atoms with Crippen LogP contribution >= 0.6 is 0 Å². The maximum absolute atomic E-state index is 10.8. The Balaban J connectivity index is 2.54. The lowest BCUT2D eigenvalue weighted by Crippen LogP contribution is -2.07. The lowest BCUT2D eigenvalue weighted by Gasteiger charge is -2.06. The van der Waals surface area contributed by atoms with Gasteiger partial charge in [-0.25, -0.2) is 8.42 Å². The number of benzene rings is 1. The Kier molecular flexibility index (Phi) is 5.57. The van der Waals surface area contributed by atoms with Crippen molar-refractivity contribution in [3.05, 3.63) is 29.8 Å². The summed E-state index contributed by atoms with van der Waals surface area (Å²) < 4.78 is 47.0. The van der Waals surface area contributed by atoms with Crippen LogP contribution in [0.2, 0.25) is 0 Å². The van der Waals surface area contributed by atoms with Crippen molar-refractivity contribution in [2.45, 2.75) is 6.42 Å². The van der Waals surface area contributed by atoms with Gasteiger partial charge < -0.3 is 5.32 Å². The van der Waals surface area contributed by atoms with E-state index in [4.69, 9.17) is 0 Å². The minimum Gasteiger partial charge on any atom is -0.372 e. The first-order valence-electron chi connectivity index (χ1n) is 5.16. The number of hydrogen-bond donors (Lipinski definition) is 2. The molecular formula is C10H15NO5S2. The molecule has 1 N–H and O–H groups in total. The second-order valence-corrected chi connectivity index (χ2v) is 6.27. The predicted molar refractivity (Wildman–Crippen MR) is 69.7 cm³/mol. The van der Waals surface area contributed by atoms with E-state index in [0.29, 0.717) is 12.1 Å². The Morgan fingerprint density at radius 2 is 2.06 bits per heavy atom. The Morgan fingerprint density at radius 3 is 2.67 bits per heavy atom. The summed E-state index contributed by atoms with van der Waals surface area (Å²) in [6, 6.07) is 7.06. The molecule has 0 aliphatic heterocycles. The van der Waals surface area contributed by atoms with E-state index in [1.165, 1.54) is 0 Å². The number of nitrogens with one attached hydrogen (secondary N) is 1. The summed E-state index contributed by atoms with van der Waals surface area (Å²) >= 11 is 0. The highest BCUT2D eigenvalue weighted by Crippen LogP contribution is 2.11. The highest BCUT2D eigenvalue weighted by atomic mass is 32.2. The van der Waals surface area contributed by atoms with Crippen molar-refractivity contribution in [1.82, 2.24) is 0 Å². The molecule has 0 aromatic heterocycles. The van der Waals surface area contributed by atoms with Crippen LogP contribution in [0.5, 0.6) is 0 Å². The quantitative estimate of drug-likeness (QED) is 0.551. The van der Waals surface area contributed by atoms with Crippen molar-refractivity contribution in [3.8, 4) is 0 Å². The third kappa shape index (κ3) is 6.58. The molecule has 0 saturated carbocycles. The van der Waals surface area contributed by atoms with E-state index < -0.39 is 20.8 Å². The third-order valence-corrected chi connectivity index (χ3v) is 3.04. The van der Waals surface area contributed by atoms with Crippen molar-refractivity contribution < 1.29 is 21.0 Å². The fourth-order valence-corrected chi connectivity index (χ4v) is 2.00. The lowest BCUT2D eigenvalue weighted by molar-refractivity contribution is 0.326. The lowest BCUT2D eigenvalue weighted by atomic mass is 10.1. The van der Waals surface area contributed by atoms with Crippen molar-refractivity contribution in [3.63, 3.8) is 0 Å². The summed E-state index contributed by atoms with van der Waals surface area (Å²) in [4.78, 5) is 0. The van der Waals surface area contributed by atoms with Gasteiger partial charge in [-0.2, -0.15) is 8.42 Å². The monoisotopic (exact) mass is 293 g/mol. The second-order valence-electron chi connectivity index (χ2n) is 3.64. The van der Waals surface area contributed by atoms with Crippen molar-refractivity contribution in [2.75, 3.05) is 24.1 Å². The van der Waals surface area contributed by atoms with Gasteiger partial charge in [0.15, 0.2) is 10.7 Å². The van der Waals surface area contributed by atoms with E-state index in [9.17, 15) is 16.8 Å². The average molecular weight is 293 g/mol. The molecule has 0 bridgehead atoms. The maximum atomic E-state index is 10.8. The zero-order valence-corrected chi connectivity index (χ0v) is 11.5. The molecule has 102 valence electrons. The van der Waals surface area contributed by atoms with Gasteiger partial charge in [-0.3, -0.25) is 4.18 Å². The molecule has 1 aromatic rings. The predicted octanol–water partition coefficient (Wildman–Crippen LogP) is 0.186. The Labute approximate surface area is 108 Å². The molecule has 1 aromatic carbocycles. The zero-order valence-electron chi connectivity index (χ0n) is 9.83. The second kappa shape index (κ2) is 6.72. The molecule has 1 rings (SSSR count). The molecule has 0 atom stereocenters. The van der Waals surface area contributed by atoms with Gasteiger partial charge in [0.2, 0.25) is 0 Å². The normalized spacial score (nSPS) is 11.7. The first-order valence-corrected chi connectivity index (χ1v) is 8.34. The number of thiol groups is 1. The number of hydrogen-bond acceptors (Lipinski definition) is 6. The average Bonchev–Trinajstić information content (AvgIpc) is 2.25. The van der Waals surface area contributed by atoms with Crippen molar-refractivity contribution in [2.24, 2.45) is 0 Å². The van der Waals surface area contributed by atoms with Crippen molar-refractivity contribution in [1.29, 1.82) is 0 Å². The van der Waals surface area contributed by atoms with Crippen LogP contribution in [0.25, 0.3) is 0 Å². The van der Waals surface area contributed by atoms with E-state index in [0.717, 1.165) is 11.8 Å². The van der Waals surface area contributed by atoms with Crippen LogP contribution in [0.15, 0.2) is 24.3 Å². The van der Waals surface area contributed by atoms with Crippen LogP contribution < -0.4 is 5.32 Å². The number of rotatable bonds is 7. The van der Waals surface area contributed by atoms with E-state index in [-0.39, 0.29) is 12.5 Å². The summed E-state index contributed by atoms with van der Waals surface area (Å²) in [7, 11) is -5.90. The highest BCUT2D eigenvalue weighted by molar-refractivity contribution is 7.85. The molecule has 0 spiro atoms. The van der Waals surface area contributed by atoms with Crippen LogP contribution in [0.4, 0.5) is 5.69 Å². The van der Waals surface area contributed by atoms with Gasteiger partial charge in [-0.1, -0.05) is 12.1 Å². The molecule has 0 aliphatic carbocycles. The summed E-state index contributed by atoms with van der Waals surface area (Å²) in [5, 5.41) is 2.74. The number of anilines is 1. The standard InChI is InChI=1S/C10H15NO5S2/c1-18(14,15)16-6-5-9-3-2-4-10(7-9)11-8-17(12)13/h2-4,7,11,17H,5-6,8H2,1H3. The van der Waals surface area contributed by atoms with Gasteiger partial charge in [0, 0.05) is 5.69 Å². The largest absolute Gasteiger partial charge is 0.372 e. The molecule has 0 aliphatic rings. The first kappa shape index (κ1) is 14.9.